The van der Waals surface area contributed by atoms with Crippen LogP contribution in [-0.4, -0.2) is 18.5 Å². The molecule has 1 atom stereocenters. The summed E-state index contributed by atoms with van der Waals surface area (Å²) in [5.41, 5.74) is 3.46. The van der Waals surface area contributed by atoms with E-state index in [2.05, 4.69) is 10.6 Å². The van der Waals surface area contributed by atoms with Crippen LogP contribution in [0, 0.1) is 30.0 Å². The van der Waals surface area contributed by atoms with Crippen LogP contribution in [0.2, 0.25) is 0 Å². The summed E-state index contributed by atoms with van der Waals surface area (Å²) in [5.74, 6) is -0.185. The predicted octanol–water partition coefficient (Wildman–Crippen LogP) is 4.33. The second kappa shape index (κ2) is 8.63. The molecule has 2 aromatic rings. The summed E-state index contributed by atoms with van der Waals surface area (Å²) in [5, 5.41) is 18.4. The molecule has 0 aliphatic rings. The number of hydrogen-bond acceptors (Lipinski definition) is 4. The monoisotopic (exact) mass is 359 g/mol. The zero-order valence-corrected chi connectivity index (χ0v) is 15.4. The van der Waals surface area contributed by atoms with Gasteiger partial charge >= 0.3 is 0 Å². The Balaban J connectivity index is 2.29. The Bertz CT molecular complexity index is 779. The summed E-state index contributed by atoms with van der Waals surface area (Å²) in [4.78, 5) is 12.4. The SMILES string of the molecule is Cc1ccc(F)cc1-c1cscc1N[C@@H](CC(C)C)C(=O)NCC#N. The van der Waals surface area contributed by atoms with Crippen LogP contribution in [0.1, 0.15) is 25.8 Å². The number of nitrogens with zero attached hydrogens (tertiary/aromatic N) is 1. The number of halogens is 1. The van der Waals surface area contributed by atoms with Crippen LogP contribution in [0.5, 0.6) is 0 Å². The first-order chi connectivity index (χ1) is 11.9. The van der Waals surface area contributed by atoms with Gasteiger partial charge in [0.15, 0.2) is 0 Å². The largest absolute Gasteiger partial charge is 0.372 e. The fraction of sp³-hybridized carbons (Fsp3) is 0.368. The van der Waals surface area contributed by atoms with Crippen LogP contribution in [0.3, 0.4) is 0 Å². The highest BCUT2D eigenvalue weighted by Crippen LogP contribution is 2.35. The number of benzene rings is 1. The van der Waals surface area contributed by atoms with Gasteiger partial charge in [0.2, 0.25) is 5.91 Å². The Morgan fingerprint density at radius 1 is 1.32 bits per heavy atom. The predicted molar refractivity (Wildman–Crippen MR) is 99.9 cm³/mol. The maximum Gasteiger partial charge on any atom is 0.243 e. The van der Waals surface area contributed by atoms with E-state index in [0.29, 0.717) is 12.3 Å². The van der Waals surface area contributed by atoms with Gasteiger partial charge in [-0.25, -0.2) is 4.39 Å². The van der Waals surface area contributed by atoms with Gasteiger partial charge in [0, 0.05) is 16.3 Å². The first kappa shape index (κ1) is 18.9. The van der Waals surface area contributed by atoms with Crippen molar-refractivity contribution >= 4 is 22.9 Å². The van der Waals surface area contributed by atoms with Crippen LogP contribution in [0.25, 0.3) is 11.1 Å². The van der Waals surface area contributed by atoms with E-state index in [0.717, 1.165) is 22.4 Å². The fourth-order valence-corrected chi connectivity index (χ4v) is 3.43. The van der Waals surface area contributed by atoms with Crippen LogP contribution in [0.15, 0.2) is 29.0 Å². The summed E-state index contributed by atoms with van der Waals surface area (Å²) in [6, 6.07) is 6.17. The molecule has 4 nitrogen and oxygen atoms in total. The van der Waals surface area contributed by atoms with Gasteiger partial charge in [-0.2, -0.15) is 5.26 Å². The third kappa shape index (κ3) is 5.04. The van der Waals surface area contributed by atoms with Crippen LogP contribution in [-0.2, 0) is 4.79 Å². The van der Waals surface area contributed by atoms with E-state index in [9.17, 15) is 9.18 Å². The minimum absolute atomic E-state index is 0.0192. The number of rotatable bonds is 7. The molecular weight excluding hydrogens is 337 g/mol. The topological polar surface area (TPSA) is 64.9 Å². The van der Waals surface area contributed by atoms with Gasteiger partial charge in [-0.05, 0) is 42.5 Å². The maximum atomic E-state index is 13.7. The number of hydrogen-bond donors (Lipinski definition) is 2. The van der Waals surface area contributed by atoms with E-state index < -0.39 is 6.04 Å². The average molecular weight is 359 g/mol. The Labute approximate surface area is 151 Å². The second-order valence-corrected chi connectivity index (χ2v) is 7.10. The third-order valence-electron chi connectivity index (χ3n) is 3.85. The van der Waals surface area contributed by atoms with Crippen molar-refractivity contribution in [3.8, 4) is 17.2 Å². The highest BCUT2D eigenvalue weighted by atomic mass is 32.1. The van der Waals surface area contributed by atoms with Crippen LogP contribution < -0.4 is 10.6 Å². The molecule has 1 aromatic carbocycles. The molecule has 0 saturated heterocycles. The lowest BCUT2D eigenvalue weighted by Crippen LogP contribution is -2.40. The van der Waals surface area contributed by atoms with Crippen molar-refractivity contribution in [2.24, 2.45) is 5.92 Å². The molecule has 0 unspecified atom stereocenters. The molecule has 2 rings (SSSR count). The number of thiophene rings is 1. The second-order valence-electron chi connectivity index (χ2n) is 6.36. The van der Waals surface area contributed by atoms with E-state index in [1.165, 1.54) is 23.5 Å². The molecule has 0 saturated carbocycles. The van der Waals surface area contributed by atoms with Gasteiger partial charge in [0.1, 0.15) is 18.4 Å². The van der Waals surface area contributed by atoms with Gasteiger partial charge < -0.3 is 10.6 Å². The van der Waals surface area contributed by atoms with Crippen LogP contribution in [0.4, 0.5) is 10.1 Å². The van der Waals surface area contributed by atoms with E-state index in [-0.39, 0.29) is 18.3 Å². The zero-order chi connectivity index (χ0) is 18.4. The molecule has 0 radical (unpaired) electrons. The molecule has 6 heteroatoms. The molecule has 0 fully saturated rings. The van der Waals surface area contributed by atoms with Crippen molar-refractivity contribution in [2.75, 3.05) is 11.9 Å². The molecule has 1 amide bonds. The van der Waals surface area contributed by atoms with E-state index in [1.807, 2.05) is 37.6 Å². The van der Waals surface area contributed by atoms with E-state index >= 15 is 0 Å². The molecule has 0 spiro atoms. The summed E-state index contributed by atoms with van der Waals surface area (Å²) in [6.07, 6.45) is 0.634. The van der Waals surface area contributed by atoms with Crippen molar-refractivity contribution < 1.29 is 9.18 Å². The quantitative estimate of drug-likeness (QED) is 0.723. The lowest BCUT2D eigenvalue weighted by Gasteiger charge is -2.21. The Kier molecular flexibility index (Phi) is 6.54. The van der Waals surface area contributed by atoms with Crippen molar-refractivity contribution in [2.45, 2.75) is 33.2 Å². The lowest BCUT2D eigenvalue weighted by molar-refractivity contribution is -0.121. The standard InChI is InChI=1S/C19H22FN3OS/c1-12(2)8-17(19(24)22-7-6-21)23-18-11-25-10-16(18)15-9-14(20)5-4-13(15)3/h4-5,9-12,17,23H,7-8H2,1-3H3,(H,22,24)/t17-/m0/s1. The number of nitriles is 1. The van der Waals surface area contributed by atoms with Crippen molar-refractivity contribution in [1.29, 1.82) is 5.26 Å². The van der Waals surface area contributed by atoms with Crippen molar-refractivity contribution in [3.05, 3.63) is 40.3 Å². The minimum Gasteiger partial charge on any atom is -0.372 e. The van der Waals surface area contributed by atoms with E-state index in [1.54, 1.807) is 6.07 Å². The number of anilines is 1. The molecule has 0 aliphatic carbocycles. The number of nitrogens with one attached hydrogen (secondary N) is 2. The average Bonchev–Trinajstić information content (AvgIpc) is 3.01. The summed E-state index contributed by atoms with van der Waals surface area (Å²) in [6.45, 7) is 5.99. The Morgan fingerprint density at radius 3 is 2.76 bits per heavy atom. The molecule has 25 heavy (non-hydrogen) atoms. The molecule has 1 heterocycles. The highest BCUT2D eigenvalue weighted by Gasteiger charge is 2.21. The Hall–Kier alpha value is -2.39. The molecule has 132 valence electrons. The number of aryl methyl sites for hydroxylation is 1. The van der Waals surface area contributed by atoms with Gasteiger partial charge in [-0.3, -0.25) is 4.79 Å². The first-order valence-corrected chi connectivity index (χ1v) is 9.10. The summed E-state index contributed by atoms with van der Waals surface area (Å²) >= 11 is 1.50. The molecule has 2 N–H and O–H groups in total. The molecule has 0 aliphatic heterocycles. The molecular formula is C19H22FN3OS. The highest BCUT2D eigenvalue weighted by molar-refractivity contribution is 7.08. The molecule has 0 bridgehead atoms. The van der Waals surface area contributed by atoms with E-state index in [4.69, 9.17) is 5.26 Å². The zero-order valence-electron chi connectivity index (χ0n) is 14.6. The summed E-state index contributed by atoms with van der Waals surface area (Å²) < 4.78 is 13.7. The summed E-state index contributed by atoms with van der Waals surface area (Å²) in [7, 11) is 0. The first-order valence-electron chi connectivity index (χ1n) is 8.16. The lowest BCUT2D eigenvalue weighted by atomic mass is 10.00. The van der Waals surface area contributed by atoms with Crippen LogP contribution >= 0.6 is 11.3 Å². The normalized spacial score (nSPS) is 11.8. The third-order valence-corrected chi connectivity index (χ3v) is 4.59. The maximum absolute atomic E-state index is 13.7. The van der Waals surface area contributed by atoms with Crippen molar-refractivity contribution in [1.82, 2.24) is 5.32 Å². The van der Waals surface area contributed by atoms with Gasteiger partial charge in [0.25, 0.3) is 0 Å². The number of amides is 1. The number of carbonyl (C=O) groups is 1. The number of carbonyl (C=O) groups excluding carboxylic acids is 1. The van der Waals surface area contributed by atoms with Gasteiger partial charge in [-0.15, -0.1) is 11.3 Å². The van der Waals surface area contributed by atoms with Gasteiger partial charge in [-0.1, -0.05) is 19.9 Å². The molecule has 1 aromatic heterocycles. The van der Waals surface area contributed by atoms with Crippen molar-refractivity contribution in [3.63, 3.8) is 0 Å². The van der Waals surface area contributed by atoms with Gasteiger partial charge in [0.05, 0.1) is 11.8 Å². The smallest absolute Gasteiger partial charge is 0.243 e. The minimum atomic E-state index is -0.449. The Morgan fingerprint density at radius 2 is 2.08 bits per heavy atom. The fourth-order valence-electron chi connectivity index (χ4n) is 2.64.